The van der Waals surface area contributed by atoms with E-state index in [1.807, 2.05) is 52.0 Å². The summed E-state index contributed by atoms with van der Waals surface area (Å²) in [6.45, 7) is 9.73. The second-order valence-corrected chi connectivity index (χ2v) is 9.70. The molecule has 2 N–H and O–H groups in total. The van der Waals surface area contributed by atoms with E-state index in [1.54, 1.807) is 0 Å². The Morgan fingerprint density at radius 1 is 0.871 bits per heavy atom. The van der Waals surface area contributed by atoms with E-state index in [0.717, 1.165) is 18.4 Å². The molecule has 166 valence electrons. The van der Waals surface area contributed by atoms with Crippen molar-refractivity contribution in [1.82, 2.24) is 5.32 Å². The number of alkyl carbamates (subject to hydrolysis) is 1. The summed E-state index contributed by atoms with van der Waals surface area (Å²) < 4.78 is 5.24. The molecule has 2 aromatic carbocycles. The number of aryl methyl sites for hydroxylation is 2. The highest BCUT2D eigenvalue weighted by molar-refractivity contribution is 5.75. The van der Waals surface area contributed by atoms with E-state index in [2.05, 4.69) is 36.5 Å². The zero-order valence-corrected chi connectivity index (χ0v) is 19.0. The van der Waals surface area contributed by atoms with Gasteiger partial charge in [-0.1, -0.05) is 59.7 Å². The molecule has 5 nitrogen and oxygen atoms in total. The number of hydrogen-bond donors (Lipinski definition) is 2. The highest BCUT2D eigenvalue weighted by Gasteiger charge is 2.44. The molecule has 5 heteroatoms. The molecule has 0 spiro atoms. The number of ether oxygens (including phenoxy) is 1. The van der Waals surface area contributed by atoms with Crippen molar-refractivity contribution in [2.75, 3.05) is 0 Å². The normalized spacial score (nSPS) is 23.8. The Hall–Kier alpha value is -2.82. The molecule has 4 rings (SSSR count). The molecule has 0 aromatic heterocycles. The van der Waals surface area contributed by atoms with Crippen molar-refractivity contribution in [3.63, 3.8) is 0 Å². The molecule has 4 atom stereocenters. The molecular weight excluding hydrogens is 390 g/mol. The first-order valence-electron chi connectivity index (χ1n) is 10.9. The first-order valence-corrected chi connectivity index (χ1v) is 10.9. The lowest BCUT2D eigenvalue weighted by molar-refractivity contribution is -0.138. The van der Waals surface area contributed by atoms with Gasteiger partial charge in [-0.05, 0) is 64.5 Å². The van der Waals surface area contributed by atoms with Crippen LogP contribution in [0, 0.1) is 19.8 Å². The number of carboxylic acids is 1. The fourth-order valence-electron chi connectivity index (χ4n) is 3.65. The monoisotopic (exact) mass is 423 g/mol. The second-order valence-electron chi connectivity index (χ2n) is 9.70. The van der Waals surface area contributed by atoms with Gasteiger partial charge in [-0.2, -0.15) is 0 Å². The van der Waals surface area contributed by atoms with Gasteiger partial charge in [-0.3, -0.25) is 4.79 Å². The molecule has 0 bridgehead atoms. The summed E-state index contributed by atoms with van der Waals surface area (Å²) in [6.07, 6.45) is 1.49. The van der Waals surface area contributed by atoms with Crippen molar-refractivity contribution >= 4 is 12.1 Å². The summed E-state index contributed by atoms with van der Waals surface area (Å²) in [5, 5.41) is 11.7. The maximum Gasteiger partial charge on any atom is 0.407 e. The van der Waals surface area contributed by atoms with Crippen LogP contribution in [0.5, 0.6) is 0 Å². The number of carbonyl (C=O) groups is 2. The number of rotatable bonds is 4. The summed E-state index contributed by atoms with van der Waals surface area (Å²) in [4.78, 5) is 22.2. The number of carboxylic acid groups (broad SMARTS) is 1. The molecule has 2 fully saturated rings. The number of aliphatic carboxylic acids is 1. The highest BCUT2D eigenvalue weighted by Crippen LogP contribution is 2.47. The third-order valence-corrected chi connectivity index (χ3v) is 5.61. The Morgan fingerprint density at radius 3 is 1.77 bits per heavy atom. The predicted octanol–water partition coefficient (Wildman–Crippen LogP) is 5.56. The van der Waals surface area contributed by atoms with Gasteiger partial charge in [0.05, 0.1) is 5.92 Å². The van der Waals surface area contributed by atoms with Gasteiger partial charge in [0.25, 0.3) is 0 Å². The summed E-state index contributed by atoms with van der Waals surface area (Å²) >= 11 is 0. The third kappa shape index (κ3) is 6.84. The maximum absolute atomic E-state index is 11.6. The molecule has 0 saturated heterocycles. The number of benzene rings is 2. The number of carbonyl (C=O) groups excluding carboxylic acids is 1. The van der Waals surface area contributed by atoms with E-state index in [4.69, 9.17) is 9.84 Å². The molecule has 1 amide bonds. The molecule has 2 aromatic rings. The zero-order valence-electron chi connectivity index (χ0n) is 19.0. The minimum atomic E-state index is -0.662. The molecule has 0 heterocycles. The molecule has 2 aliphatic rings. The Kier molecular flexibility index (Phi) is 6.73. The van der Waals surface area contributed by atoms with E-state index in [0.29, 0.717) is 5.92 Å². The van der Waals surface area contributed by atoms with E-state index in [9.17, 15) is 9.59 Å². The average Bonchev–Trinajstić information content (AvgIpc) is 3.57. The van der Waals surface area contributed by atoms with Gasteiger partial charge in [0.15, 0.2) is 0 Å². The topological polar surface area (TPSA) is 75.6 Å². The molecule has 2 aliphatic carbocycles. The second kappa shape index (κ2) is 9.13. The van der Waals surface area contributed by atoms with Crippen molar-refractivity contribution in [3.05, 3.63) is 70.8 Å². The fraction of sp³-hybridized carbons (Fsp3) is 0.462. The Labute approximate surface area is 184 Å². The summed E-state index contributed by atoms with van der Waals surface area (Å²) in [6, 6.07) is 16.8. The largest absolute Gasteiger partial charge is 0.481 e. The molecule has 31 heavy (non-hydrogen) atoms. The smallest absolute Gasteiger partial charge is 0.407 e. The molecule has 4 unspecified atom stereocenters. The van der Waals surface area contributed by atoms with E-state index >= 15 is 0 Å². The van der Waals surface area contributed by atoms with Crippen LogP contribution in [0.25, 0.3) is 0 Å². The minimum Gasteiger partial charge on any atom is -0.481 e. The lowest BCUT2D eigenvalue weighted by Crippen LogP contribution is -2.34. The Morgan fingerprint density at radius 2 is 1.35 bits per heavy atom. The van der Waals surface area contributed by atoms with Gasteiger partial charge in [0, 0.05) is 12.0 Å². The van der Waals surface area contributed by atoms with E-state index in [-0.39, 0.29) is 24.0 Å². The van der Waals surface area contributed by atoms with Crippen LogP contribution in [0.3, 0.4) is 0 Å². The number of hydrogen-bond acceptors (Lipinski definition) is 3. The van der Waals surface area contributed by atoms with Crippen molar-refractivity contribution in [1.29, 1.82) is 0 Å². The molecule has 0 aliphatic heterocycles. The Balaban J connectivity index is 0.000000185. The van der Waals surface area contributed by atoms with Crippen LogP contribution >= 0.6 is 0 Å². The van der Waals surface area contributed by atoms with Crippen LogP contribution in [0.1, 0.15) is 67.7 Å². The van der Waals surface area contributed by atoms with Crippen molar-refractivity contribution in [2.45, 2.75) is 70.9 Å². The van der Waals surface area contributed by atoms with Gasteiger partial charge < -0.3 is 15.2 Å². The molecule has 2 saturated carbocycles. The van der Waals surface area contributed by atoms with Crippen LogP contribution in [-0.4, -0.2) is 28.8 Å². The third-order valence-electron chi connectivity index (χ3n) is 5.61. The standard InChI is InChI=1S/C15H21NO2.C11H12O2/c1-10-5-7-11(8-6-10)12-9-13(12)16-14(17)18-15(2,3)4;1-7-2-4-8(5-3-7)9-6-10(9)11(12)13/h5-8,12-13H,9H2,1-4H3,(H,16,17);2-5,9-10H,6H2,1H3,(H,12,13). The van der Waals surface area contributed by atoms with Gasteiger partial charge in [-0.15, -0.1) is 0 Å². The quantitative estimate of drug-likeness (QED) is 0.675. The highest BCUT2D eigenvalue weighted by atomic mass is 16.6. The van der Waals surface area contributed by atoms with Crippen LogP contribution in [0.15, 0.2) is 48.5 Å². The van der Waals surface area contributed by atoms with Crippen LogP contribution in [0.2, 0.25) is 0 Å². The van der Waals surface area contributed by atoms with Gasteiger partial charge in [0.2, 0.25) is 0 Å². The number of amides is 1. The lowest BCUT2D eigenvalue weighted by atomic mass is 10.1. The first-order chi connectivity index (χ1) is 14.5. The Bertz CT molecular complexity index is 912. The predicted molar refractivity (Wildman–Crippen MR) is 121 cm³/mol. The van der Waals surface area contributed by atoms with Crippen LogP contribution < -0.4 is 5.32 Å². The SMILES string of the molecule is Cc1ccc(C2CC2C(=O)O)cc1.Cc1ccc(C2CC2NC(=O)OC(C)(C)C)cc1. The fourth-order valence-corrected chi connectivity index (χ4v) is 3.65. The van der Waals surface area contributed by atoms with Crippen molar-refractivity contribution < 1.29 is 19.4 Å². The first kappa shape index (κ1) is 22.9. The molecule has 0 radical (unpaired) electrons. The summed E-state index contributed by atoms with van der Waals surface area (Å²) in [7, 11) is 0. The van der Waals surface area contributed by atoms with Crippen molar-refractivity contribution in [3.8, 4) is 0 Å². The minimum absolute atomic E-state index is 0.136. The number of nitrogens with one attached hydrogen (secondary N) is 1. The van der Waals surface area contributed by atoms with Crippen LogP contribution in [0.4, 0.5) is 4.79 Å². The summed E-state index contributed by atoms with van der Waals surface area (Å²) in [5.74, 6) is -0.0931. The van der Waals surface area contributed by atoms with Crippen molar-refractivity contribution in [2.24, 2.45) is 5.92 Å². The van der Waals surface area contributed by atoms with Gasteiger partial charge >= 0.3 is 12.1 Å². The van der Waals surface area contributed by atoms with E-state index in [1.165, 1.54) is 16.7 Å². The van der Waals surface area contributed by atoms with Gasteiger partial charge in [0.1, 0.15) is 5.60 Å². The van der Waals surface area contributed by atoms with Crippen LogP contribution in [-0.2, 0) is 9.53 Å². The average molecular weight is 424 g/mol. The zero-order chi connectivity index (χ0) is 22.8. The molecular formula is C26H33NO4. The maximum atomic E-state index is 11.6. The lowest BCUT2D eigenvalue weighted by Gasteiger charge is -2.19. The van der Waals surface area contributed by atoms with E-state index < -0.39 is 11.6 Å². The summed E-state index contributed by atoms with van der Waals surface area (Å²) in [5.41, 5.74) is 4.50. The van der Waals surface area contributed by atoms with Gasteiger partial charge in [-0.25, -0.2) is 4.79 Å².